The van der Waals surface area contributed by atoms with Gasteiger partial charge in [0.05, 0.1) is 13.2 Å². The van der Waals surface area contributed by atoms with Crippen LogP contribution in [0.3, 0.4) is 0 Å². The largest absolute Gasteiger partial charge is 0.396 e. The van der Waals surface area contributed by atoms with Gasteiger partial charge in [-0.25, -0.2) is 0 Å². The van der Waals surface area contributed by atoms with Gasteiger partial charge in [0.2, 0.25) is 5.91 Å². The van der Waals surface area contributed by atoms with Crippen molar-refractivity contribution in [3.8, 4) is 0 Å². The average Bonchev–Trinajstić information content (AvgIpc) is 3.14. The Hall–Kier alpha value is -1.10. The molecule has 0 aromatic heterocycles. The van der Waals surface area contributed by atoms with E-state index in [-0.39, 0.29) is 41.9 Å². The zero-order valence-corrected chi connectivity index (χ0v) is 20.0. The number of amides is 1. The van der Waals surface area contributed by atoms with Gasteiger partial charge in [-0.05, 0) is 50.5 Å². The highest BCUT2D eigenvalue weighted by Crippen LogP contribution is 2.32. The van der Waals surface area contributed by atoms with Crippen molar-refractivity contribution in [1.82, 2.24) is 10.6 Å². The molecule has 1 fully saturated rings. The first-order chi connectivity index (χ1) is 13.6. The summed E-state index contributed by atoms with van der Waals surface area (Å²) in [7, 11) is 0. The highest BCUT2D eigenvalue weighted by atomic mass is 127. The van der Waals surface area contributed by atoms with Crippen LogP contribution in [0.2, 0.25) is 5.02 Å². The SMILES string of the molecule is CCNC(=NCC1(CCO)CCOC1)NCCCC(=O)Nc1ccc(Cl)cc1.I. The van der Waals surface area contributed by atoms with Crippen LogP contribution in [0.5, 0.6) is 0 Å². The fourth-order valence-electron chi connectivity index (χ4n) is 3.09. The average molecular weight is 539 g/mol. The predicted octanol–water partition coefficient (Wildman–Crippen LogP) is 3.02. The number of hydrogen-bond donors (Lipinski definition) is 4. The number of aliphatic imine (C=N–C) groups is 1. The van der Waals surface area contributed by atoms with Gasteiger partial charge >= 0.3 is 0 Å². The number of aliphatic hydroxyl groups excluding tert-OH is 1. The second-order valence-electron chi connectivity index (χ2n) is 7.06. The first-order valence-corrected chi connectivity index (χ1v) is 10.2. The Morgan fingerprint density at radius 1 is 1.31 bits per heavy atom. The molecule has 2 rings (SSSR count). The molecule has 164 valence electrons. The third kappa shape index (κ3) is 9.50. The number of halogens is 2. The minimum Gasteiger partial charge on any atom is -0.396 e. The number of carbonyl (C=O) groups excluding carboxylic acids is 1. The summed E-state index contributed by atoms with van der Waals surface area (Å²) in [5.74, 6) is 0.695. The Morgan fingerprint density at radius 2 is 2.07 bits per heavy atom. The number of nitrogens with one attached hydrogen (secondary N) is 3. The maximum absolute atomic E-state index is 12.0. The van der Waals surface area contributed by atoms with Crippen LogP contribution in [-0.2, 0) is 9.53 Å². The molecular weight excluding hydrogens is 507 g/mol. The molecule has 1 saturated heterocycles. The van der Waals surface area contributed by atoms with Gasteiger partial charge < -0.3 is 25.8 Å². The van der Waals surface area contributed by atoms with Gasteiger partial charge in [0.15, 0.2) is 5.96 Å². The van der Waals surface area contributed by atoms with Gasteiger partial charge in [0, 0.05) is 48.8 Å². The molecule has 1 heterocycles. The minimum absolute atomic E-state index is 0. The third-order valence-electron chi connectivity index (χ3n) is 4.74. The van der Waals surface area contributed by atoms with Crippen LogP contribution in [0, 0.1) is 5.41 Å². The van der Waals surface area contributed by atoms with Gasteiger partial charge in [-0.3, -0.25) is 9.79 Å². The van der Waals surface area contributed by atoms with E-state index in [2.05, 4.69) is 20.9 Å². The molecular formula is C20H32ClIN4O3. The number of anilines is 1. The molecule has 1 aromatic carbocycles. The zero-order chi connectivity index (χ0) is 20.2. The molecule has 1 aliphatic rings. The van der Waals surface area contributed by atoms with Crippen molar-refractivity contribution in [3.63, 3.8) is 0 Å². The van der Waals surface area contributed by atoms with Gasteiger partial charge in [-0.2, -0.15) is 0 Å². The first-order valence-electron chi connectivity index (χ1n) is 9.83. The Labute approximate surface area is 195 Å². The first kappa shape index (κ1) is 25.9. The van der Waals surface area contributed by atoms with Crippen LogP contribution in [0.1, 0.15) is 32.6 Å². The highest BCUT2D eigenvalue weighted by molar-refractivity contribution is 14.0. The summed E-state index contributed by atoms with van der Waals surface area (Å²) < 4.78 is 5.51. The van der Waals surface area contributed by atoms with Crippen LogP contribution in [0.25, 0.3) is 0 Å². The molecule has 29 heavy (non-hydrogen) atoms. The van der Waals surface area contributed by atoms with E-state index in [1.54, 1.807) is 24.3 Å². The zero-order valence-electron chi connectivity index (χ0n) is 16.9. The van der Waals surface area contributed by atoms with Gasteiger partial charge in [0.1, 0.15) is 0 Å². The number of aliphatic hydroxyl groups is 1. The van der Waals surface area contributed by atoms with E-state index in [0.29, 0.717) is 44.0 Å². The second-order valence-corrected chi connectivity index (χ2v) is 7.49. The number of guanidine groups is 1. The minimum atomic E-state index is -0.0738. The van der Waals surface area contributed by atoms with E-state index in [1.807, 2.05) is 6.92 Å². The van der Waals surface area contributed by atoms with Gasteiger partial charge in [-0.15, -0.1) is 24.0 Å². The van der Waals surface area contributed by atoms with Crippen molar-refractivity contribution in [1.29, 1.82) is 0 Å². The van der Waals surface area contributed by atoms with Crippen LogP contribution in [0.4, 0.5) is 5.69 Å². The third-order valence-corrected chi connectivity index (χ3v) is 5.00. The van der Waals surface area contributed by atoms with E-state index in [9.17, 15) is 9.90 Å². The molecule has 0 aliphatic carbocycles. The van der Waals surface area contributed by atoms with Crippen LogP contribution in [-0.4, -0.2) is 56.4 Å². The molecule has 9 heteroatoms. The summed E-state index contributed by atoms with van der Waals surface area (Å²) in [6, 6.07) is 7.06. The van der Waals surface area contributed by atoms with Crippen molar-refractivity contribution >= 4 is 53.1 Å². The normalized spacial score (nSPS) is 18.8. The summed E-state index contributed by atoms with van der Waals surface area (Å²) >= 11 is 5.84. The molecule has 1 amide bonds. The molecule has 0 spiro atoms. The summed E-state index contributed by atoms with van der Waals surface area (Å²) in [5, 5.41) is 19.3. The fraction of sp³-hybridized carbons (Fsp3) is 0.600. The standard InChI is InChI=1S/C20H31ClN4O3.HI/c1-2-22-19(24-14-20(9-12-26)10-13-28-15-20)23-11-3-4-18(27)25-17-7-5-16(21)6-8-17;/h5-8,26H,2-4,9-15H2,1H3,(H,25,27)(H2,22,23,24);1H. The fourth-order valence-corrected chi connectivity index (χ4v) is 3.21. The Bertz CT molecular complexity index is 637. The van der Waals surface area contributed by atoms with Crippen molar-refractivity contribution in [3.05, 3.63) is 29.3 Å². The lowest BCUT2D eigenvalue weighted by Gasteiger charge is -2.24. The molecule has 0 radical (unpaired) electrons. The van der Waals surface area contributed by atoms with E-state index in [1.165, 1.54) is 0 Å². The maximum atomic E-state index is 12.0. The van der Waals surface area contributed by atoms with E-state index in [0.717, 1.165) is 31.2 Å². The summed E-state index contributed by atoms with van der Waals surface area (Å²) in [4.78, 5) is 16.7. The Kier molecular flexibility index (Phi) is 12.5. The molecule has 1 unspecified atom stereocenters. The molecule has 1 aliphatic heterocycles. The summed E-state index contributed by atoms with van der Waals surface area (Å²) in [6.45, 7) is 5.53. The van der Waals surface area contributed by atoms with Crippen molar-refractivity contribution in [2.75, 3.05) is 44.8 Å². The molecule has 0 bridgehead atoms. The predicted molar refractivity (Wildman–Crippen MR) is 128 cm³/mol. The Balaban J connectivity index is 0.00000420. The van der Waals surface area contributed by atoms with Gasteiger partial charge in [-0.1, -0.05) is 11.6 Å². The number of carbonyl (C=O) groups is 1. The van der Waals surface area contributed by atoms with E-state index in [4.69, 9.17) is 16.3 Å². The topological polar surface area (TPSA) is 95.0 Å². The number of ether oxygens (including phenoxy) is 1. The molecule has 1 atom stereocenters. The molecule has 7 nitrogen and oxygen atoms in total. The smallest absolute Gasteiger partial charge is 0.224 e. The van der Waals surface area contributed by atoms with Crippen LogP contribution < -0.4 is 16.0 Å². The summed E-state index contributed by atoms with van der Waals surface area (Å²) in [5.41, 5.74) is 0.667. The van der Waals surface area contributed by atoms with Crippen LogP contribution in [0.15, 0.2) is 29.3 Å². The van der Waals surface area contributed by atoms with E-state index >= 15 is 0 Å². The number of hydrogen-bond acceptors (Lipinski definition) is 4. The number of benzene rings is 1. The number of rotatable bonds is 10. The highest BCUT2D eigenvalue weighted by Gasteiger charge is 2.34. The quantitative estimate of drug-likeness (QED) is 0.159. The monoisotopic (exact) mass is 538 g/mol. The molecule has 1 aromatic rings. The van der Waals surface area contributed by atoms with Crippen molar-refractivity contribution in [2.24, 2.45) is 10.4 Å². The van der Waals surface area contributed by atoms with E-state index < -0.39 is 0 Å². The molecule has 0 saturated carbocycles. The van der Waals surface area contributed by atoms with Crippen molar-refractivity contribution < 1.29 is 14.6 Å². The lowest BCUT2D eigenvalue weighted by molar-refractivity contribution is -0.116. The lowest BCUT2D eigenvalue weighted by Crippen LogP contribution is -2.39. The lowest BCUT2D eigenvalue weighted by atomic mass is 9.84. The summed E-state index contributed by atoms with van der Waals surface area (Å²) in [6.07, 6.45) is 2.72. The van der Waals surface area contributed by atoms with Gasteiger partial charge in [0.25, 0.3) is 0 Å². The molecule has 4 N–H and O–H groups in total. The van der Waals surface area contributed by atoms with Crippen molar-refractivity contribution in [2.45, 2.75) is 32.6 Å². The van der Waals surface area contributed by atoms with Crippen LogP contribution >= 0.6 is 35.6 Å². The maximum Gasteiger partial charge on any atom is 0.224 e. The Morgan fingerprint density at radius 3 is 2.69 bits per heavy atom. The number of nitrogens with zero attached hydrogens (tertiary/aromatic N) is 1. The second kappa shape index (κ2) is 14.0.